The minimum absolute atomic E-state index is 0.142. The van der Waals surface area contributed by atoms with Crippen LogP contribution in [-0.2, 0) is 11.2 Å². The van der Waals surface area contributed by atoms with E-state index in [1.54, 1.807) is 11.3 Å². The van der Waals surface area contributed by atoms with E-state index in [0.717, 1.165) is 51.9 Å². The van der Waals surface area contributed by atoms with Crippen molar-refractivity contribution in [3.63, 3.8) is 0 Å². The van der Waals surface area contributed by atoms with Gasteiger partial charge >= 0.3 is 0 Å². The van der Waals surface area contributed by atoms with Crippen molar-refractivity contribution in [1.82, 2.24) is 5.32 Å². The molecule has 4 rings (SSSR count). The highest BCUT2D eigenvalue weighted by Crippen LogP contribution is 2.27. The molecule has 0 bridgehead atoms. The minimum Gasteiger partial charge on any atom is -0.375 e. The second-order valence-corrected chi connectivity index (χ2v) is 6.70. The molecule has 0 saturated carbocycles. The largest absolute Gasteiger partial charge is 0.375 e. The highest BCUT2D eigenvalue weighted by molar-refractivity contribution is 7.24. The molecule has 2 aromatic carbocycles. The van der Waals surface area contributed by atoms with Crippen LogP contribution in [0, 0.1) is 0 Å². The van der Waals surface area contributed by atoms with Crippen LogP contribution < -0.4 is 10.7 Å². The van der Waals surface area contributed by atoms with E-state index in [4.69, 9.17) is 4.74 Å². The summed E-state index contributed by atoms with van der Waals surface area (Å²) in [5, 5.41) is 5.02. The molecule has 1 fully saturated rings. The average molecular weight is 311 g/mol. The number of benzene rings is 2. The van der Waals surface area contributed by atoms with Gasteiger partial charge in [-0.25, -0.2) is 0 Å². The third kappa shape index (κ3) is 2.43. The molecule has 1 aromatic heterocycles. The summed E-state index contributed by atoms with van der Waals surface area (Å²) in [5.74, 6) is 0. The molecule has 1 aliphatic rings. The molecule has 0 amide bonds. The van der Waals surface area contributed by atoms with Crippen molar-refractivity contribution in [2.24, 2.45) is 0 Å². The van der Waals surface area contributed by atoms with Gasteiger partial charge in [0.1, 0.15) is 0 Å². The Morgan fingerprint density at radius 1 is 1.14 bits per heavy atom. The molecule has 2 heterocycles. The Bertz CT molecular complexity index is 881. The van der Waals surface area contributed by atoms with E-state index < -0.39 is 0 Å². The summed E-state index contributed by atoms with van der Waals surface area (Å²) in [6.45, 7) is 2.50. The lowest BCUT2D eigenvalue weighted by Gasteiger charge is -2.24. The number of fused-ring (bicyclic) bond motifs is 2. The molecule has 0 aliphatic carbocycles. The van der Waals surface area contributed by atoms with Crippen molar-refractivity contribution in [1.29, 1.82) is 0 Å². The molecule has 4 heteroatoms. The second kappa shape index (κ2) is 5.80. The van der Waals surface area contributed by atoms with Crippen molar-refractivity contribution in [2.75, 3.05) is 19.7 Å². The molecule has 0 spiro atoms. The number of rotatable bonds is 2. The van der Waals surface area contributed by atoms with E-state index in [2.05, 4.69) is 11.4 Å². The van der Waals surface area contributed by atoms with Gasteiger partial charge in [-0.15, -0.1) is 11.3 Å². The first-order valence-electron chi connectivity index (χ1n) is 7.59. The van der Waals surface area contributed by atoms with E-state index in [9.17, 15) is 4.79 Å². The Hall–Kier alpha value is -1.75. The quantitative estimate of drug-likeness (QED) is 0.740. The molecule has 1 unspecified atom stereocenters. The highest BCUT2D eigenvalue weighted by Gasteiger charge is 2.17. The standard InChI is InChI=1S/C18H17NO2S/c20-18-14-5-1-2-6-15(14)22-16-7-3-4-12(17(16)18)10-13-11-19-8-9-21-13/h1-7,13,19H,8-11H2. The van der Waals surface area contributed by atoms with Gasteiger partial charge in [0.05, 0.1) is 12.7 Å². The van der Waals surface area contributed by atoms with Gasteiger partial charge in [0, 0.05) is 39.7 Å². The van der Waals surface area contributed by atoms with E-state index in [1.165, 1.54) is 0 Å². The van der Waals surface area contributed by atoms with Gasteiger partial charge in [0.15, 0.2) is 5.43 Å². The fourth-order valence-electron chi connectivity index (χ4n) is 3.08. The molecular formula is C18H17NO2S. The molecule has 1 aliphatic heterocycles. The van der Waals surface area contributed by atoms with Crippen LogP contribution in [0.4, 0.5) is 0 Å². The van der Waals surface area contributed by atoms with E-state index >= 15 is 0 Å². The minimum atomic E-state index is 0.142. The van der Waals surface area contributed by atoms with Crippen LogP contribution >= 0.6 is 11.3 Å². The van der Waals surface area contributed by atoms with Crippen molar-refractivity contribution in [3.05, 3.63) is 58.3 Å². The summed E-state index contributed by atoms with van der Waals surface area (Å²) in [4.78, 5) is 12.9. The Labute approximate surface area is 132 Å². The van der Waals surface area contributed by atoms with Crippen LogP contribution in [0.15, 0.2) is 47.3 Å². The topological polar surface area (TPSA) is 38.3 Å². The van der Waals surface area contributed by atoms with Gasteiger partial charge < -0.3 is 10.1 Å². The molecule has 3 aromatic rings. The second-order valence-electron chi connectivity index (χ2n) is 5.62. The van der Waals surface area contributed by atoms with Gasteiger partial charge in [0.25, 0.3) is 0 Å². The molecule has 3 nitrogen and oxygen atoms in total. The number of morpholine rings is 1. The van der Waals surface area contributed by atoms with Gasteiger partial charge in [-0.2, -0.15) is 0 Å². The van der Waals surface area contributed by atoms with Crippen LogP contribution in [0.2, 0.25) is 0 Å². The van der Waals surface area contributed by atoms with E-state index in [1.807, 2.05) is 36.4 Å². The van der Waals surface area contributed by atoms with Crippen molar-refractivity contribution < 1.29 is 4.74 Å². The first-order valence-corrected chi connectivity index (χ1v) is 8.40. The highest BCUT2D eigenvalue weighted by atomic mass is 32.1. The monoisotopic (exact) mass is 311 g/mol. The molecule has 1 atom stereocenters. The molecule has 0 radical (unpaired) electrons. The molecule has 1 saturated heterocycles. The maximum atomic E-state index is 12.9. The molecule has 1 N–H and O–H groups in total. The summed E-state index contributed by atoms with van der Waals surface area (Å²) in [5.41, 5.74) is 1.24. The molecular weight excluding hydrogens is 294 g/mol. The van der Waals surface area contributed by atoms with Crippen LogP contribution in [0.25, 0.3) is 20.2 Å². The van der Waals surface area contributed by atoms with Gasteiger partial charge in [-0.1, -0.05) is 24.3 Å². The van der Waals surface area contributed by atoms with E-state index in [0.29, 0.717) is 0 Å². The SMILES string of the molecule is O=c1c2ccccc2sc2cccc(CC3CNCCO3)c12. The lowest BCUT2D eigenvalue weighted by molar-refractivity contribution is 0.0294. The van der Waals surface area contributed by atoms with Crippen LogP contribution in [0.1, 0.15) is 5.56 Å². The third-order valence-corrected chi connectivity index (χ3v) is 5.28. The lowest BCUT2D eigenvalue weighted by atomic mass is 10.0. The Morgan fingerprint density at radius 2 is 2.00 bits per heavy atom. The van der Waals surface area contributed by atoms with Crippen molar-refractivity contribution >= 4 is 31.5 Å². The number of hydrogen-bond acceptors (Lipinski definition) is 4. The third-order valence-electron chi connectivity index (χ3n) is 4.14. The molecule has 112 valence electrons. The lowest BCUT2D eigenvalue weighted by Crippen LogP contribution is -2.39. The van der Waals surface area contributed by atoms with Gasteiger partial charge in [-0.3, -0.25) is 4.79 Å². The number of ether oxygens (including phenoxy) is 1. The Morgan fingerprint density at radius 3 is 2.86 bits per heavy atom. The van der Waals surface area contributed by atoms with Crippen LogP contribution in [-0.4, -0.2) is 25.8 Å². The molecule has 22 heavy (non-hydrogen) atoms. The maximum Gasteiger partial charge on any atom is 0.196 e. The average Bonchev–Trinajstić information content (AvgIpc) is 2.56. The predicted molar refractivity (Wildman–Crippen MR) is 91.9 cm³/mol. The van der Waals surface area contributed by atoms with Crippen molar-refractivity contribution in [2.45, 2.75) is 12.5 Å². The fourth-order valence-corrected chi connectivity index (χ4v) is 4.21. The fraction of sp³-hybridized carbons (Fsp3) is 0.278. The Kier molecular flexibility index (Phi) is 3.66. The van der Waals surface area contributed by atoms with Gasteiger partial charge in [-0.05, 0) is 23.8 Å². The normalized spacial score (nSPS) is 18.8. The first-order chi connectivity index (χ1) is 10.8. The number of nitrogens with one attached hydrogen (secondary N) is 1. The summed E-state index contributed by atoms with van der Waals surface area (Å²) >= 11 is 1.69. The zero-order valence-corrected chi connectivity index (χ0v) is 13.0. The first kappa shape index (κ1) is 13.9. The zero-order chi connectivity index (χ0) is 14.9. The summed E-state index contributed by atoms with van der Waals surface area (Å²) in [7, 11) is 0. The smallest absolute Gasteiger partial charge is 0.196 e. The van der Waals surface area contributed by atoms with Crippen LogP contribution in [0.3, 0.4) is 0 Å². The summed E-state index contributed by atoms with van der Waals surface area (Å²) in [6.07, 6.45) is 0.931. The van der Waals surface area contributed by atoms with E-state index in [-0.39, 0.29) is 11.5 Å². The van der Waals surface area contributed by atoms with Crippen LogP contribution in [0.5, 0.6) is 0 Å². The van der Waals surface area contributed by atoms with Crippen molar-refractivity contribution in [3.8, 4) is 0 Å². The predicted octanol–water partition coefficient (Wildman–Crippen LogP) is 2.95. The Balaban J connectivity index is 1.87. The maximum absolute atomic E-state index is 12.9. The zero-order valence-electron chi connectivity index (χ0n) is 12.2. The number of hydrogen-bond donors (Lipinski definition) is 1. The van der Waals surface area contributed by atoms with Gasteiger partial charge in [0.2, 0.25) is 0 Å². The summed E-state index contributed by atoms with van der Waals surface area (Å²) in [6, 6.07) is 14.0. The summed E-state index contributed by atoms with van der Waals surface area (Å²) < 4.78 is 7.91.